The molecule has 0 spiro atoms. The number of fused-ring (bicyclic) bond motifs is 1. The van der Waals surface area contributed by atoms with Crippen molar-refractivity contribution >= 4 is 5.97 Å². The second kappa shape index (κ2) is 6.80. The quantitative estimate of drug-likeness (QED) is 0.844. The minimum absolute atomic E-state index is 0.0512. The monoisotopic (exact) mass is 293 g/mol. The third-order valence-electron chi connectivity index (χ3n) is 3.76. The molecule has 5 heteroatoms. The predicted octanol–water partition coefficient (Wildman–Crippen LogP) is 2.31. The maximum atomic E-state index is 11.9. The number of carbonyl (C=O) groups is 1. The van der Waals surface area contributed by atoms with Gasteiger partial charge in [0.1, 0.15) is 17.5 Å². The van der Waals surface area contributed by atoms with Crippen molar-refractivity contribution in [2.75, 3.05) is 20.8 Å². The highest BCUT2D eigenvalue weighted by Gasteiger charge is 2.29. The Hall–Kier alpha value is -1.75. The molecule has 1 N–H and O–H groups in total. The number of benzene rings is 1. The number of methoxy groups -OCH3 is 2. The van der Waals surface area contributed by atoms with Gasteiger partial charge in [0.05, 0.1) is 20.8 Å². The normalized spacial score (nSPS) is 18.6. The predicted molar refractivity (Wildman–Crippen MR) is 79.6 cm³/mol. The Bertz CT molecular complexity index is 501. The number of ether oxygens (including phenoxy) is 3. The van der Waals surface area contributed by atoms with E-state index in [-0.39, 0.29) is 24.0 Å². The van der Waals surface area contributed by atoms with Crippen molar-refractivity contribution in [3.8, 4) is 11.5 Å². The van der Waals surface area contributed by atoms with E-state index in [4.69, 9.17) is 14.2 Å². The molecule has 2 atom stereocenters. The number of esters is 1. The SMILES string of the molecule is COC(=O)C(NC1CCOc2ccc(OC)cc21)C(C)C. The van der Waals surface area contributed by atoms with E-state index in [0.29, 0.717) is 6.61 Å². The molecule has 0 fully saturated rings. The van der Waals surface area contributed by atoms with Crippen LogP contribution in [0.25, 0.3) is 0 Å². The van der Waals surface area contributed by atoms with Gasteiger partial charge in [-0.05, 0) is 24.1 Å². The van der Waals surface area contributed by atoms with Crippen molar-refractivity contribution in [1.29, 1.82) is 0 Å². The lowest BCUT2D eigenvalue weighted by Gasteiger charge is -2.31. The lowest BCUT2D eigenvalue weighted by Crippen LogP contribution is -2.44. The molecular formula is C16H23NO4. The van der Waals surface area contributed by atoms with Crippen LogP contribution in [0.4, 0.5) is 0 Å². The van der Waals surface area contributed by atoms with Gasteiger partial charge in [0.15, 0.2) is 0 Å². The zero-order valence-electron chi connectivity index (χ0n) is 13.0. The van der Waals surface area contributed by atoms with E-state index in [1.54, 1.807) is 7.11 Å². The topological polar surface area (TPSA) is 56.8 Å². The standard InChI is InChI=1S/C16H23NO4/c1-10(2)15(16(18)20-4)17-13-7-8-21-14-6-5-11(19-3)9-12(13)14/h5-6,9-10,13,15,17H,7-8H2,1-4H3. The van der Waals surface area contributed by atoms with Crippen molar-refractivity contribution in [1.82, 2.24) is 5.32 Å². The highest BCUT2D eigenvalue weighted by Crippen LogP contribution is 2.35. The summed E-state index contributed by atoms with van der Waals surface area (Å²) in [6, 6.07) is 5.46. The Morgan fingerprint density at radius 2 is 2.14 bits per heavy atom. The molecule has 1 aliphatic heterocycles. The van der Waals surface area contributed by atoms with Crippen LogP contribution in [0.1, 0.15) is 31.9 Å². The Labute approximate surface area is 125 Å². The van der Waals surface area contributed by atoms with Crippen molar-refractivity contribution < 1.29 is 19.0 Å². The molecule has 0 saturated heterocycles. The fourth-order valence-electron chi connectivity index (χ4n) is 2.55. The van der Waals surface area contributed by atoms with Gasteiger partial charge in [-0.3, -0.25) is 10.1 Å². The Morgan fingerprint density at radius 3 is 2.76 bits per heavy atom. The van der Waals surface area contributed by atoms with Gasteiger partial charge in [0.2, 0.25) is 0 Å². The lowest BCUT2D eigenvalue weighted by molar-refractivity contribution is -0.144. The summed E-state index contributed by atoms with van der Waals surface area (Å²) < 4.78 is 15.8. The van der Waals surface area contributed by atoms with E-state index in [9.17, 15) is 4.79 Å². The summed E-state index contributed by atoms with van der Waals surface area (Å²) in [7, 11) is 3.06. The summed E-state index contributed by atoms with van der Waals surface area (Å²) in [6.07, 6.45) is 0.806. The zero-order chi connectivity index (χ0) is 15.4. The van der Waals surface area contributed by atoms with Crippen LogP contribution in [0, 0.1) is 5.92 Å². The highest BCUT2D eigenvalue weighted by atomic mass is 16.5. The molecule has 1 aliphatic rings. The zero-order valence-corrected chi connectivity index (χ0v) is 13.0. The first kappa shape index (κ1) is 15.6. The largest absolute Gasteiger partial charge is 0.497 e. The van der Waals surface area contributed by atoms with E-state index in [2.05, 4.69) is 5.32 Å². The number of nitrogens with one attached hydrogen (secondary N) is 1. The smallest absolute Gasteiger partial charge is 0.323 e. The van der Waals surface area contributed by atoms with Crippen LogP contribution in [0.3, 0.4) is 0 Å². The minimum Gasteiger partial charge on any atom is -0.497 e. The fourth-order valence-corrected chi connectivity index (χ4v) is 2.55. The van der Waals surface area contributed by atoms with Crippen LogP contribution in [0.15, 0.2) is 18.2 Å². The van der Waals surface area contributed by atoms with E-state index in [1.165, 1.54) is 7.11 Å². The van der Waals surface area contributed by atoms with Crippen LogP contribution in [-0.4, -0.2) is 32.8 Å². The molecule has 21 heavy (non-hydrogen) atoms. The third-order valence-corrected chi connectivity index (χ3v) is 3.76. The number of carbonyl (C=O) groups excluding carboxylic acids is 1. The molecule has 2 unspecified atom stereocenters. The second-order valence-electron chi connectivity index (χ2n) is 5.50. The van der Waals surface area contributed by atoms with Crippen molar-refractivity contribution in [2.45, 2.75) is 32.4 Å². The molecule has 1 heterocycles. The summed E-state index contributed by atoms with van der Waals surface area (Å²) >= 11 is 0. The molecule has 116 valence electrons. The first-order valence-corrected chi connectivity index (χ1v) is 7.21. The van der Waals surface area contributed by atoms with Crippen LogP contribution in [0.5, 0.6) is 11.5 Å². The summed E-state index contributed by atoms with van der Waals surface area (Å²) in [5.74, 6) is 1.53. The number of hydrogen-bond acceptors (Lipinski definition) is 5. The van der Waals surface area contributed by atoms with E-state index in [0.717, 1.165) is 23.5 Å². The Balaban J connectivity index is 2.24. The Morgan fingerprint density at radius 1 is 1.38 bits per heavy atom. The molecule has 0 saturated carbocycles. The average molecular weight is 293 g/mol. The lowest BCUT2D eigenvalue weighted by atomic mass is 9.96. The van der Waals surface area contributed by atoms with Crippen molar-refractivity contribution in [3.05, 3.63) is 23.8 Å². The summed E-state index contributed by atoms with van der Waals surface area (Å²) in [5.41, 5.74) is 1.02. The van der Waals surface area contributed by atoms with Gasteiger partial charge in [-0.25, -0.2) is 0 Å². The molecule has 0 bridgehead atoms. The van der Waals surface area contributed by atoms with E-state index in [1.807, 2.05) is 32.0 Å². The molecular weight excluding hydrogens is 270 g/mol. The van der Waals surface area contributed by atoms with Gasteiger partial charge < -0.3 is 14.2 Å². The average Bonchev–Trinajstić information content (AvgIpc) is 2.51. The molecule has 0 aromatic heterocycles. The van der Waals surface area contributed by atoms with Crippen LogP contribution < -0.4 is 14.8 Å². The number of rotatable bonds is 5. The van der Waals surface area contributed by atoms with Gasteiger partial charge in [-0.1, -0.05) is 13.8 Å². The Kier molecular flexibility index (Phi) is 5.07. The second-order valence-corrected chi connectivity index (χ2v) is 5.50. The van der Waals surface area contributed by atoms with Crippen LogP contribution in [0.2, 0.25) is 0 Å². The first-order valence-electron chi connectivity index (χ1n) is 7.21. The van der Waals surface area contributed by atoms with Crippen molar-refractivity contribution in [2.24, 2.45) is 5.92 Å². The summed E-state index contributed by atoms with van der Waals surface area (Å²) in [6.45, 7) is 4.63. The van der Waals surface area contributed by atoms with Gasteiger partial charge in [-0.15, -0.1) is 0 Å². The summed E-state index contributed by atoms with van der Waals surface area (Å²) in [5, 5.41) is 3.40. The van der Waals surface area contributed by atoms with E-state index < -0.39 is 0 Å². The first-order chi connectivity index (χ1) is 10.1. The van der Waals surface area contributed by atoms with Gasteiger partial charge in [0.25, 0.3) is 0 Å². The maximum Gasteiger partial charge on any atom is 0.323 e. The molecule has 1 aromatic rings. The minimum atomic E-state index is -0.336. The highest BCUT2D eigenvalue weighted by molar-refractivity contribution is 5.76. The summed E-state index contributed by atoms with van der Waals surface area (Å²) in [4.78, 5) is 11.9. The van der Waals surface area contributed by atoms with Crippen molar-refractivity contribution in [3.63, 3.8) is 0 Å². The molecule has 0 amide bonds. The van der Waals surface area contributed by atoms with Gasteiger partial charge in [0, 0.05) is 18.0 Å². The van der Waals surface area contributed by atoms with Crippen LogP contribution in [-0.2, 0) is 9.53 Å². The van der Waals surface area contributed by atoms with Gasteiger partial charge in [-0.2, -0.15) is 0 Å². The molecule has 0 aliphatic carbocycles. The van der Waals surface area contributed by atoms with Gasteiger partial charge >= 0.3 is 5.97 Å². The fraction of sp³-hybridized carbons (Fsp3) is 0.562. The number of hydrogen-bond donors (Lipinski definition) is 1. The third kappa shape index (κ3) is 3.47. The molecule has 5 nitrogen and oxygen atoms in total. The molecule has 1 aromatic carbocycles. The molecule has 0 radical (unpaired) electrons. The van der Waals surface area contributed by atoms with Crippen LogP contribution >= 0.6 is 0 Å². The molecule has 2 rings (SSSR count). The van der Waals surface area contributed by atoms with E-state index >= 15 is 0 Å². The maximum absolute atomic E-state index is 11.9.